The van der Waals surface area contributed by atoms with Gasteiger partial charge in [0.2, 0.25) is 0 Å². The second kappa shape index (κ2) is 7.64. The van der Waals surface area contributed by atoms with Crippen LogP contribution < -0.4 is 17.1 Å². The van der Waals surface area contributed by atoms with E-state index in [4.69, 9.17) is 5.26 Å². The van der Waals surface area contributed by atoms with Gasteiger partial charge in [-0.15, -0.1) is 0 Å². The second-order valence-corrected chi connectivity index (χ2v) is 4.12. The fraction of sp³-hybridized carbons (Fsp3) is 0.417. The summed E-state index contributed by atoms with van der Waals surface area (Å²) in [6.07, 6.45) is 3.48. The third kappa shape index (κ3) is 5.32. The first-order valence-electron chi connectivity index (χ1n) is 6.28. The molecule has 0 aliphatic heterocycles. The number of imidazole rings is 1. The molecule has 0 radical (unpaired) electrons. The Morgan fingerprint density at radius 3 is 2.14 bits per heavy atom. The molecule has 21 heavy (non-hydrogen) atoms. The predicted molar refractivity (Wildman–Crippen MR) is 74.9 cm³/mol. The number of H-pyrrole nitrogens is 3. The van der Waals surface area contributed by atoms with Gasteiger partial charge >= 0.3 is 17.1 Å². The molecule has 112 valence electrons. The number of aromatic nitrogens is 5. The van der Waals surface area contributed by atoms with E-state index in [-0.39, 0.29) is 0 Å². The van der Waals surface area contributed by atoms with Crippen molar-refractivity contribution in [1.82, 2.24) is 24.5 Å². The highest BCUT2D eigenvalue weighted by Gasteiger charge is 2.01. The highest BCUT2D eigenvalue weighted by molar-refractivity contribution is 5.02. The number of hydrogen-bond acceptors (Lipinski definition) is 5. The monoisotopic (exact) mass is 292 g/mol. The maximum atomic E-state index is 10.2. The zero-order chi connectivity index (χ0) is 15.8. The maximum absolute atomic E-state index is 10.2. The van der Waals surface area contributed by atoms with E-state index in [1.165, 1.54) is 0 Å². The van der Waals surface area contributed by atoms with E-state index < -0.39 is 17.1 Å². The van der Waals surface area contributed by atoms with E-state index in [1.54, 1.807) is 15.0 Å². The highest BCUT2D eigenvalue weighted by Crippen LogP contribution is 2.03. The normalized spacial score (nSPS) is 9.57. The maximum Gasteiger partial charge on any atom is 0.330 e. The molecule has 0 amide bonds. The van der Waals surface area contributed by atoms with E-state index in [2.05, 4.69) is 22.5 Å². The summed E-state index contributed by atoms with van der Waals surface area (Å²) in [5, 5.41) is 8.41. The number of nitrogens with zero attached hydrogens (tertiary/aromatic N) is 3. The third-order valence-electron chi connectivity index (χ3n) is 2.44. The molecule has 0 fully saturated rings. The van der Waals surface area contributed by atoms with Crippen molar-refractivity contribution in [3.05, 3.63) is 49.2 Å². The van der Waals surface area contributed by atoms with Gasteiger partial charge in [-0.25, -0.2) is 19.4 Å². The predicted octanol–water partition coefficient (Wildman–Crippen LogP) is -0.581. The van der Waals surface area contributed by atoms with Crippen molar-refractivity contribution >= 4 is 0 Å². The molecule has 0 atom stereocenters. The van der Waals surface area contributed by atoms with Gasteiger partial charge in [-0.05, 0) is 6.92 Å². The van der Waals surface area contributed by atoms with Crippen LogP contribution in [0.4, 0.5) is 0 Å². The summed E-state index contributed by atoms with van der Waals surface area (Å²) in [5.41, 5.74) is -1.37. The summed E-state index contributed by atoms with van der Waals surface area (Å²) in [4.78, 5) is 40.2. The zero-order valence-electron chi connectivity index (χ0n) is 11.8. The van der Waals surface area contributed by atoms with E-state index >= 15 is 0 Å². The van der Waals surface area contributed by atoms with Gasteiger partial charge in [-0.2, -0.15) is 5.26 Å². The van der Waals surface area contributed by atoms with Crippen molar-refractivity contribution in [3.63, 3.8) is 0 Å². The summed E-state index contributed by atoms with van der Waals surface area (Å²) in [7, 11) is 0. The molecule has 2 heterocycles. The summed E-state index contributed by atoms with van der Waals surface area (Å²) in [5.74, 6) is 1.07. The van der Waals surface area contributed by atoms with Gasteiger partial charge < -0.3 is 4.57 Å². The van der Waals surface area contributed by atoms with Gasteiger partial charge in [0.05, 0.1) is 18.2 Å². The van der Waals surface area contributed by atoms with Crippen LogP contribution >= 0.6 is 0 Å². The zero-order valence-corrected chi connectivity index (χ0v) is 11.8. The first-order chi connectivity index (χ1) is 9.96. The minimum Gasteiger partial charge on any atom is -0.334 e. The largest absolute Gasteiger partial charge is 0.334 e. The summed E-state index contributed by atoms with van der Waals surface area (Å²) in [6.45, 7) is 4.81. The Labute approximate surface area is 119 Å². The van der Waals surface area contributed by atoms with Crippen LogP contribution in [0.3, 0.4) is 0 Å². The molecule has 0 bridgehead atoms. The van der Waals surface area contributed by atoms with E-state index in [9.17, 15) is 14.4 Å². The summed E-state index contributed by atoms with van der Waals surface area (Å²) < 4.78 is 2.05. The molecule has 2 rings (SSSR count). The van der Waals surface area contributed by atoms with Crippen molar-refractivity contribution in [3.8, 4) is 6.07 Å². The lowest BCUT2D eigenvalue weighted by molar-refractivity contribution is 0.670. The van der Waals surface area contributed by atoms with Crippen LogP contribution in [-0.4, -0.2) is 24.5 Å². The average Bonchev–Trinajstić information content (AvgIpc) is 2.75. The van der Waals surface area contributed by atoms with Gasteiger partial charge in [0.1, 0.15) is 5.82 Å². The molecule has 0 aliphatic carbocycles. The first-order valence-corrected chi connectivity index (χ1v) is 6.28. The molecule has 2 aromatic rings. The molecular formula is C12H16N6O3. The van der Waals surface area contributed by atoms with Crippen molar-refractivity contribution < 1.29 is 0 Å². The Balaban J connectivity index is 0.000000219. The second-order valence-electron chi connectivity index (χ2n) is 4.12. The summed E-state index contributed by atoms with van der Waals surface area (Å²) in [6, 6.07) is 2.13. The van der Waals surface area contributed by atoms with Crippen LogP contribution in [0.25, 0.3) is 0 Å². The third-order valence-corrected chi connectivity index (χ3v) is 2.44. The van der Waals surface area contributed by atoms with Crippen LogP contribution in [0.5, 0.6) is 0 Å². The topological polar surface area (TPSA) is 140 Å². The van der Waals surface area contributed by atoms with Crippen molar-refractivity contribution in [1.29, 1.82) is 5.26 Å². The lowest BCUT2D eigenvalue weighted by Gasteiger charge is -2.01. The van der Waals surface area contributed by atoms with Gasteiger partial charge in [-0.1, -0.05) is 6.92 Å². The quantitative estimate of drug-likeness (QED) is 0.694. The fourth-order valence-corrected chi connectivity index (χ4v) is 1.65. The molecule has 0 aliphatic rings. The molecule has 9 heteroatoms. The number of nitrogens with one attached hydrogen (secondary N) is 3. The lowest BCUT2D eigenvalue weighted by atomic mass is 10.4. The highest BCUT2D eigenvalue weighted by atomic mass is 16.2. The smallest absolute Gasteiger partial charge is 0.330 e. The Bertz CT molecular complexity index is 710. The molecule has 0 aromatic carbocycles. The minimum absolute atomic E-state index is 0.558. The van der Waals surface area contributed by atoms with E-state index in [1.807, 2.05) is 13.1 Å². The van der Waals surface area contributed by atoms with Gasteiger partial charge in [0, 0.05) is 19.2 Å². The Hall–Kier alpha value is -2.89. The molecule has 9 nitrogen and oxygen atoms in total. The van der Waals surface area contributed by atoms with Crippen molar-refractivity contribution in [2.75, 3.05) is 0 Å². The molecule has 0 unspecified atom stereocenters. The van der Waals surface area contributed by atoms with Crippen LogP contribution in [0.2, 0.25) is 0 Å². The van der Waals surface area contributed by atoms with Crippen LogP contribution in [0.15, 0.2) is 20.6 Å². The number of nitriles is 1. The lowest BCUT2D eigenvalue weighted by Crippen LogP contribution is -2.34. The molecule has 3 N–H and O–H groups in total. The number of aryl methyl sites for hydroxylation is 3. The fourth-order valence-electron chi connectivity index (χ4n) is 1.65. The van der Waals surface area contributed by atoms with Crippen molar-refractivity contribution in [2.45, 2.75) is 33.2 Å². The Kier molecular flexibility index (Phi) is 5.88. The molecule has 0 saturated carbocycles. The van der Waals surface area contributed by atoms with Crippen LogP contribution in [0, 0.1) is 18.3 Å². The molecule has 0 spiro atoms. The van der Waals surface area contributed by atoms with Crippen LogP contribution in [-0.2, 0) is 13.0 Å². The first kappa shape index (κ1) is 16.2. The van der Waals surface area contributed by atoms with E-state index in [0.29, 0.717) is 6.42 Å². The average molecular weight is 292 g/mol. The number of hydrogen-bond donors (Lipinski definition) is 3. The Morgan fingerprint density at radius 1 is 1.19 bits per heavy atom. The van der Waals surface area contributed by atoms with E-state index in [0.717, 1.165) is 24.5 Å². The molecule has 0 saturated heterocycles. The SMILES string of the molecule is CCc1nc(C)cn1CCC#N.O=c1[nH]c(=O)[nH]c(=O)[nH]1. The molecule has 2 aromatic heterocycles. The van der Waals surface area contributed by atoms with Gasteiger partial charge in [0.15, 0.2) is 0 Å². The number of aromatic amines is 3. The van der Waals surface area contributed by atoms with Gasteiger partial charge in [0.25, 0.3) is 0 Å². The molecular weight excluding hydrogens is 276 g/mol. The Morgan fingerprint density at radius 2 is 1.71 bits per heavy atom. The summed E-state index contributed by atoms with van der Waals surface area (Å²) >= 11 is 0. The van der Waals surface area contributed by atoms with Gasteiger partial charge in [-0.3, -0.25) is 15.0 Å². The number of rotatable bonds is 3. The minimum atomic E-state index is -0.802. The van der Waals surface area contributed by atoms with Crippen molar-refractivity contribution in [2.24, 2.45) is 0 Å². The van der Waals surface area contributed by atoms with Crippen LogP contribution in [0.1, 0.15) is 24.9 Å². The standard InChI is InChI=1S/C9H13N3.C3H3N3O3/c1-3-9-11-8(2)7-12(9)6-4-5-10;7-1-4-2(8)6-3(9)5-1/h7H,3-4,6H2,1-2H3;(H3,4,5,6,7,8,9).